The fraction of sp³-hybridized carbons (Fsp3) is 0.176. The largest absolute Gasteiger partial charge is 0.495 e. The Morgan fingerprint density at radius 1 is 1.21 bits per heavy atom. The topological polar surface area (TPSA) is 60.3 Å². The number of benzene rings is 2. The van der Waals surface area contributed by atoms with Crippen LogP contribution in [0, 0.1) is 0 Å². The number of rotatable bonds is 5. The molecule has 3 rings (SSSR count). The van der Waals surface area contributed by atoms with E-state index in [0.717, 1.165) is 16.5 Å². The fourth-order valence-corrected chi connectivity index (χ4v) is 4.11. The molecule has 1 N–H and O–H groups in total. The van der Waals surface area contributed by atoms with Gasteiger partial charge in [-0.2, -0.15) is 0 Å². The third-order valence-corrected chi connectivity index (χ3v) is 5.50. The number of aromatic nitrogens is 1. The van der Waals surface area contributed by atoms with Gasteiger partial charge in [0.25, 0.3) is 0 Å². The van der Waals surface area contributed by atoms with Gasteiger partial charge in [-0.1, -0.05) is 29.8 Å². The number of nitrogens with zero attached hydrogens (tertiary/aromatic N) is 1. The first kappa shape index (κ1) is 16.8. The number of hydrogen-bond acceptors (Lipinski definition) is 3. The maximum Gasteiger partial charge on any atom is 0.244 e. The molecule has 0 aliphatic heterocycles. The van der Waals surface area contributed by atoms with Crippen LogP contribution in [0.1, 0.15) is 5.56 Å². The number of ether oxygens (including phenoxy) is 1. The van der Waals surface area contributed by atoms with Crippen LogP contribution in [0.4, 0.5) is 0 Å². The zero-order valence-electron chi connectivity index (χ0n) is 13.3. The SMILES string of the molecule is COc1ccc(Cl)cc1S(=O)(=O)NCc1cn(C)c2ccccc12. The third kappa shape index (κ3) is 3.13. The summed E-state index contributed by atoms with van der Waals surface area (Å²) in [6.07, 6.45) is 1.92. The van der Waals surface area contributed by atoms with Gasteiger partial charge in [-0.15, -0.1) is 0 Å². The second kappa shape index (κ2) is 6.47. The van der Waals surface area contributed by atoms with E-state index in [2.05, 4.69) is 4.72 Å². The van der Waals surface area contributed by atoms with Crippen molar-refractivity contribution in [2.45, 2.75) is 11.4 Å². The first-order valence-corrected chi connectivity index (χ1v) is 9.14. The smallest absolute Gasteiger partial charge is 0.244 e. The summed E-state index contributed by atoms with van der Waals surface area (Å²) in [4.78, 5) is 0.0257. The lowest BCUT2D eigenvalue weighted by atomic mass is 10.2. The van der Waals surface area contributed by atoms with E-state index in [1.807, 2.05) is 42.1 Å². The van der Waals surface area contributed by atoms with Crippen molar-refractivity contribution in [2.75, 3.05) is 7.11 Å². The van der Waals surface area contributed by atoms with Crippen LogP contribution in [-0.2, 0) is 23.6 Å². The van der Waals surface area contributed by atoms with Gasteiger partial charge in [0.1, 0.15) is 10.6 Å². The van der Waals surface area contributed by atoms with Crippen molar-refractivity contribution in [3.8, 4) is 5.75 Å². The van der Waals surface area contributed by atoms with Crippen LogP contribution in [-0.4, -0.2) is 20.1 Å². The van der Waals surface area contributed by atoms with Crippen molar-refractivity contribution < 1.29 is 13.2 Å². The average Bonchev–Trinajstić information content (AvgIpc) is 2.90. The van der Waals surface area contributed by atoms with Gasteiger partial charge in [0, 0.05) is 35.7 Å². The van der Waals surface area contributed by atoms with Crippen molar-refractivity contribution in [3.05, 3.63) is 59.2 Å². The molecule has 24 heavy (non-hydrogen) atoms. The van der Waals surface area contributed by atoms with Gasteiger partial charge < -0.3 is 9.30 Å². The summed E-state index contributed by atoms with van der Waals surface area (Å²) in [5.41, 5.74) is 1.95. The average molecular weight is 365 g/mol. The molecule has 0 atom stereocenters. The van der Waals surface area contributed by atoms with Crippen molar-refractivity contribution in [2.24, 2.45) is 7.05 Å². The van der Waals surface area contributed by atoms with Crippen molar-refractivity contribution in [1.82, 2.24) is 9.29 Å². The van der Waals surface area contributed by atoms with Crippen LogP contribution in [0.3, 0.4) is 0 Å². The molecule has 1 heterocycles. The Morgan fingerprint density at radius 3 is 2.71 bits per heavy atom. The molecule has 0 spiro atoms. The quantitative estimate of drug-likeness (QED) is 0.755. The molecule has 7 heteroatoms. The second-order valence-corrected chi connectivity index (χ2v) is 7.57. The molecule has 0 saturated carbocycles. The van der Waals surface area contributed by atoms with Crippen LogP contribution in [0.2, 0.25) is 5.02 Å². The molecule has 0 saturated heterocycles. The minimum absolute atomic E-state index is 0.0257. The molecular formula is C17H17ClN2O3S. The highest BCUT2D eigenvalue weighted by molar-refractivity contribution is 7.89. The number of halogens is 1. The van der Waals surface area contributed by atoms with E-state index in [1.54, 1.807) is 6.07 Å². The highest BCUT2D eigenvalue weighted by Crippen LogP contribution is 2.27. The number of methoxy groups -OCH3 is 1. The maximum atomic E-state index is 12.6. The van der Waals surface area contributed by atoms with E-state index < -0.39 is 10.0 Å². The molecular weight excluding hydrogens is 348 g/mol. The summed E-state index contributed by atoms with van der Waals surface area (Å²) in [5.74, 6) is 0.254. The summed E-state index contributed by atoms with van der Waals surface area (Å²) < 4.78 is 35.0. The highest BCUT2D eigenvalue weighted by atomic mass is 35.5. The minimum atomic E-state index is -3.75. The van der Waals surface area contributed by atoms with Gasteiger partial charge in [-0.3, -0.25) is 0 Å². The monoisotopic (exact) mass is 364 g/mol. The fourth-order valence-electron chi connectivity index (χ4n) is 2.68. The number of fused-ring (bicyclic) bond motifs is 1. The van der Waals surface area contributed by atoms with Gasteiger partial charge in [0.05, 0.1) is 7.11 Å². The van der Waals surface area contributed by atoms with Crippen LogP contribution >= 0.6 is 11.6 Å². The van der Waals surface area contributed by atoms with Crippen molar-refractivity contribution in [3.63, 3.8) is 0 Å². The first-order chi connectivity index (χ1) is 11.4. The number of hydrogen-bond donors (Lipinski definition) is 1. The van der Waals surface area contributed by atoms with Gasteiger partial charge >= 0.3 is 0 Å². The van der Waals surface area contributed by atoms with Crippen molar-refractivity contribution >= 4 is 32.5 Å². The normalized spacial score (nSPS) is 11.8. The lowest BCUT2D eigenvalue weighted by molar-refractivity contribution is 0.402. The number of nitrogens with one attached hydrogen (secondary N) is 1. The summed E-state index contributed by atoms with van der Waals surface area (Å²) in [6.45, 7) is 0.180. The molecule has 1 aromatic heterocycles. The van der Waals surface area contributed by atoms with E-state index in [-0.39, 0.29) is 17.2 Å². The number of sulfonamides is 1. The van der Waals surface area contributed by atoms with E-state index in [4.69, 9.17) is 16.3 Å². The molecule has 0 fully saturated rings. The minimum Gasteiger partial charge on any atom is -0.495 e. The number of para-hydroxylation sites is 1. The van der Waals surface area contributed by atoms with Crippen molar-refractivity contribution in [1.29, 1.82) is 0 Å². The van der Waals surface area contributed by atoms with Gasteiger partial charge in [-0.05, 0) is 29.8 Å². The molecule has 0 unspecified atom stereocenters. The van der Waals surface area contributed by atoms with Crippen LogP contribution in [0.5, 0.6) is 5.75 Å². The molecule has 3 aromatic rings. The molecule has 2 aromatic carbocycles. The van der Waals surface area contributed by atoms with Crippen LogP contribution in [0.15, 0.2) is 53.6 Å². The zero-order chi connectivity index (χ0) is 17.3. The Labute approximate surface area is 145 Å². The highest BCUT2D eigenvalue weighted by Gasteiger charge is 2.20. The zero-order valence-corrected chi connectivity index (χ0v) is 14.9. The Balaban J connectivity index is 1.92. The Hall–Kier alpha value is -2.02. The Kier molecular flexibility index (Phi) is 4.54. The summed E-state index contributed by atoms with van der Waals surface area (Å²) in [6, 6.07) is 12.4. The van der Waals surface area contributed by atoms with Gasteiger partial charge in [0.2, 0.25) is 10.0 Å². The predicted octanol–water partition coefficient (Wildman–Crippen LogP) is 3.32. The number of aryl methyl sites for hydroxylation is 1. The molecule has 5 nitrogen and oxygen atoms in total. The predicted molar refractivity (Wildman–Crippen MR) is 94.9 cm³/mol. The Morgan fingerprint density at radius 2 is 1.96 bits per heavy atom. The van der Waals surface area contributed by atoms with E-state index in [0.29, 0.717) is 5.02 Å². The second-order valence-electron chi connectivity index (χ2n) is 5.40. The molecule has 0 radical (unpaired) electrons. The van der Waals surface area contributed by atoms with Crippen LogP contribution in [0.25, 0.3) is 10.9 Å². The van der Waals surface area contributed by atoms with E-state index in [9.17, 15) is 8.42 Å². The van der Waals surface area contributed by atoms with Gasteiger partial charge in [-0.25, -0.2) is 13.1 Å². The van der Waals surface area contributed by atoms with E-state index in [1.165, 1.54) is 19.2 Å². The van der Waals surface area contributed by atoms with E-state index >= 15 is 0 Å². The summed E-state index contributed by atoms with van der Waals surface area (Å²) in [5, 5.41) is 1.35. The first-order valence-electron chi connectivity index (χ1n) is 7.28. The standard InChI is InChI=1S/C17H17ClN2O3S/c1-20-11-12(14-5-3-4-6-15(14)20)10-19-24(21,22)17-9-13(18)7-8-16(17)23-2/h3-9,11,19H,10H2,1-2H3. The molecule has 0 aliphatic rings. The molecule has 126 valence electrons. The lowest BCUT2D eigenvalue weighted by Gasteiger charge is -2.11. The van der Waals surface area contributed by atoms with Crippen LogP contribution < -0.4 is 9.46 Å². The maximum absolute atomic E-state index is 12.6. The Bertz CT molecular complexity index is 996. The van der Waals surface area contributed by atoms with Gasteiger partial charge in [0.15, 0.2) is 0 Å². The lowest BCUT2D eigenvalue weighted by Crippen LogP contribution is -2.23. The summed E-state index contributed by atoms with van der Waals surface area (Å²) >= 11 is 5.93. The molecule has 0 aliphatic carbocycles. The summed E-state index contributed by atoms with van der Waals surface area (Å²) in [7, 11) is -0.397. The third-order valence-electron chi connectivity index (χ3n) is 3.85. The molecule has 0 bridgehead atoms. The molecule has 0 amide bonds.